The lowest BCUT2D eigenvalue weighted by Gasteiger charge is -2.27. The van der Waals surface area contributed by atoms with E-state index in [2.05, 4.69) is 20.9 Å². The molecule has 1 heterocycles. The van der Waals surface area contributed by atoms with Gasteiger partial charge in [0.15, 0.2) is 0 Å². The van der Waals surface area contributed by atoms with Crippen LogP contribution >= 0.6 is 15.9 Å². The highest BCUT2D eigenvalue weighted by molar-refractivity contribution is 9.10. The molecule has 0 aliphatic rings. The molecule has 17 heavy (non-hydrogen) atoms. The molecule has 0 saturated carbocycles. The van der Waals surface area contributed by atoms with Crippen LogP contribution in [0.25, 0.3) is 0 Å². The molecule has 0 saturated heterocycles. The Morgan fingerprint density at radius 3 is 2.47 bits per heavy atom. The molecule has 0 radical (unpaired) electrons. The maximum absolute atomic E-state index is 12.3. The molecule has 1 amide bonds. The quantitative estimate of drug-likeness (QED) is 0.914. The summed E-state index contributed by atoms with van der Waals surface area (Å²) >= 11 is 3.12. The first-order chi connectivity index (χ1) is 7.70. The number of nitrogens with zero attached hydrogens (tertiary/aromatic N) is 1. The van der Waals surface area contributed by atoms with Gasteiger partial charge in [-0.3, -0.25) is 4.79 Å². The highest BCUT2D eigenvalue weighted by Gasteiger charge is 2.34. The number of carbonyl (C=O) groups excluding carboxylic acids is 1. The largest absolute Gasteiger partial charge is 0.406 e. The van der Waals surface area contributed by atoms with Crippen molar-refractivity contribution >= 4 is 21.8 Å². The second-order valence-electron chi connectivity index (χ2n) is 3.87. The molecular formula is C10H12BrF3N2O. The number of nitrogens with one attached hydrogen (secondary N) is 1. The lowest BCUT2D eigenvalue weighted by atomic mass is 10.2. The minimum absolute atomic E-state index is 0.134. The van der Waals surface area contributed by atoms with Crippen LogP contribution in [0.4, 0.5) is 13.2 Å². The summed E-state index contributed by atoms with van der Waals surface area (Å²) in [5.74, 6) is -0.664. The fraction of sp³-hybridized carbons (Fsp3) is 0.500. The highest BCUT2D eigenvalue weighted by Crippen LogP contribution is 2.20. The molecule has 0 aromatic carbocycles. The third kappa shape index (κ3) is 4.07. The zero-order valence-corrected chi connectivity index (χ0v) is 10.9. The second-order valence-corrected chi connectivity index (χ2v) is 4.79. The molecule has 3 nitrogen and oxygen atoms in total. The molecule has 1 N–H and O–H groups in total. The van der Waals surface area contributed by atoms with Crippen molar-refractivity contribution in [2.75, 3.05) is 6.54 Å². The van der Waals surface area contributed by atoms with Gasteiger partial charge in [0.1, 0.15) is 12.2 Å². The van der Waals surface area contributed by atoms with E-state index in [1.165, 1.54) is 12.3 Å². The summed E-state index contributed by atoms with van der Waals surface area (Å²) in [5, 5.41) is 0. The van der Waals surface area contributed by atoms with Crippen LogP contribution in [0.2, 0.25) is 0 Å². The third-order valence-corrected chi connectivity index (χ3v) is 2.57. The molecule has 1 aromatic heterocycles. The maximum Gasteiger partial charge on any atom is 0.406 e. The molecule has 1 rings (SSSR count). The first-order valence-corrected chi connectivity index (χ1v) is 5.71. The van der Waals surface area contributed by atoms with E-state index in [0.717, 1.165) is 4.90 Å². The van der Waals surface area contributed by atoms with E-state index in [-0.39, 0.29) is 5.69 Å². The third-order valence-electron chi connectivity index (χ3n) is 2.11. The Balaban J connectivity index is 2.88. The SMILES string of the molecule is CC(C)N(CC(F)(F)F)C(=O)c1cc(Br)c[nH]1. The molecule has 0 fully saturated rings. The summed E-state index contributed by atoms with van der Waals surface area (Å²) < 4.78 is 37.6. The Morgan fingerprint density at radius 2 is 2.12 bits per heavy atom. The Bertz CT molecular complexity index is 401. The van der Waals surface area contributed by atoms with E-state index in [1.54, 1.807) is 13.8 Å². The van der Waals surface area contributed by atoms with Crippen molar-refractivity contribution in [3.63, 3.8) is 0 Å². The van der Waals surface area contributed by atoms with Gasteiger partial charge in [0.05, 0.1) is 0 Å². The van der Waals surface area contributed by atoms with E-state index in [9.17, 15) is 18.0 Å². The number of carbonyl (C=O) groups is 1. The van der Waals surface area contributed by atoms with E-state index in [0.29, 0.717) is 4.47 Å². The Hall–Kier alpha value is -0.980. The number of rotatable bonds is 3. The van der Waals surface area contributed by atoms with E-state index in [1.807, 2.05) is 0 Å². The molecule has 0 bridgehead atoms. The number of alkyl halides is 3. The van der Waals surface area contributed by atoms with Crippen molar-refractivity contribution in [1.29, 1.82) is 0 Å². The zero-order chi connectivity index (χ0) is 13.2. The van der Waals surface area contributed by atoms with Gasteiger partial charge in [-0.2, -0.15) is 13.2 Å². The summed E-state index contributed by atoms with van der Waals surface area (Å²) in [5.41, 5.74) is 0.134. The first kappa shape index (κ1) is 14.1. The molecule has 96 valence electrons. The minimum atomic E-state index is -4.40. The molecule has 0 unspecified atom stereocenters. The van der Waals surface area contributed by atoms with Gasteiger partial charge in [0.2, 0.25) is 0 Å². The van der Waals surface area contributed by atoms with E-state index < -0.39 is 24.7 Å². The predicted molar refractivity (Wildman–Crippen MR) is 60.7 cm³/mol. The average Bonchev–Trinajstić information content (AvgIpc) is 2.58. The van der Waals surface area contributed by atoms with Crippen LogP contribution in [-0.4, -0.2) is 34.6 Å². The van der Waals surface area contributed by atoms with Crippen LogP contribution < -0.4 is 0 Å². The van der Waals surface area contributed by atoms with E-state index >= 15 is 0 Å². The molecular weight excluding hydrogens is 301 g/mol. The van der Waals surface area contributed by atoms with Gasteiger partial charge in [0, 0.05) is 16.7 Å². The van der Waals surface area contributed by atoms with Crippen LogP contribution in [0.5, 0.6) is 0 Å². The summed E-state index contributed by atoms with van der Waals surface area (Å²) in [6, 6.07) is 0.930. The van der Waals surface area contributed by atoms with Crippen molar-refractivity contribution in [3.05, 3.63) is 22.4 Å². The molecule has 7 heteroatoms. The van der Waals surface area contributed by atoms with Crippen molar-refractivity contribution in [2.45, 2.75) is 26.1 Å². The van der Waals surface area contributed by atoms with Gasteiger partial charge in [-0.15, -0.1) is 0 Å². The normalized spacial score (nSPS) is 11.9. The van der Waals surface area contributed by atoms with Crippen LogP contribution in [-0.2, 0) is 0 Å². The van der Waals surface area contributed by atoms with Crippen LogP contribution in [0.3, 0.4) is 0 Å². The lowest BCUT2D eigenvalue weighted by molar-refractivity contribution is -0.143. The van der Waals surface area contributed by atoms with Crippen LogP contribution in [0.1, 0.15) is 24.3 Å². The van der Waals surface area contributed by atoms with Crippen molar-refractivity contribution in [1.82, 2.24) is 9.88 Å². The summed E-state index contributed by atoms with van der Waals surface area (Å²) in [6.07, 6.45) is -2.90. The number of aromatic nitrogens is 1. The van der Waals surface area contributed by atoms with Gasteiger partial charge in [-0.05, 0) is 35.8 Å². The summed E-state index contributed by atoms with van der Waals surface area (Å²) in [7, 11) is 0. The lowest BCUT2D eigenvalue weighted by Crippen LogP contribution is -2.43. The number of H-pyrrole nitrogens is 1. The minimum Gasteiger partial charge on any atom is -0.356 e. The monoisotopic (exact) mass is 312 g/mol. The van der Waals surface area contributed by atoms with Crippen LogP contribution in [0.15, 0.2) is 16.7 Å². The number of aromatic amines is 1. The van der Waals surface area contributed by atoms with Crippen LogP contribution in [0, 0.1) is 0 Å². The van der Waals surface area contributed by atoms with Crippen molar-refractivity contribution in [3.8, 4) is 0 Å². The fourth-order valence-corrected chi connectivity index (χ4v) is 1.67. The first-order valence-electron chi connectivity index (χ1n) is 4.92. The van der Waals surface area contributed by atoms with Crippen molar-refractivity contribution < 1.29 is 18.0 Å². The van der Waals surface area contributed by atoms with Crippen molar-refractivity contribution in [2.24, 2.45) is 0 Å². The summed E-state index contributed by atoms with van der Waals surface area (Å²) in [4.78, 5) is 15.2. The van der Waals surface area contributed by atoms with Gasteiger partial charge < -0.3 is 9.88 Å². The van der Waals surface area contributed by atoms with Gasteiger partial charge >= 0.3 is 6.18 Å². The topological polar surface area (TPSA) is 36.1 Å². The Labute approximate surface area is 105 Å². The molecule has 0 aliphatic carbocycles. The number of halogens is 4. The standard InChI is InChI=1S/C10H12BrF3N2O/c1-6(2)16(5-10(12,13)14)9(17)8-3-7(11)4-15-8/h3-4,6,15H,5H2,1-2H3. The zero-order valence-electron chi connectivity index (χ0n) is 9.31. The Morgan fingerprint density at radius 1 is 1.53 bits per heavy atom. The van der Waals surface area contributed by atoms with Gasteiger partial charge in [0.25, 0.3) is 5.91 Å². The number of hydrogen-bond acceptors (Lipinski definition) is 1. The summed E-state index contributed by atoms with van der Waals surface area (Å²) in [6.45, 7) is 1.84. The van der Waals surface area contributed by atoms with Gasteiger partial charge in [-0.25, -0.2) is 0 Å². The smallest absolute Gasteiger partial charge is 0.356 e. The number of hydrogen-bond donors (Lipinski definition) is 1. The molecule has 0 atom stereocenters. The number of amides is 1. The van der Waals surface area contributed by atoms with E-state index in [4.69, 9.17) is 0 Å². The molecule has 0 spiro atoms. The fourth-order valence-electron chi connectivity index (χ4n) is 1.33. The maximum atomic E-state index is 12.3. The average molecular weight is 313 g/mol. The Kier molecular flexibility index (Phi) is 4.24. The molecule has 0 aliphatic heterocycles. The van der Waals surface area contributed by atoms with Gasteiger partial charge in [-0.1, -0.05) is 0 Å². The predicted octanol–water partition coefficient (Wildman–Crippen LogP) is 3.19. The highest BCUT2D eigenvalue weighted by atomic mass is 79.9. The molecule has 1 aromatic rings. The second kappa shape index (κ2) is 5.12.